The zero-order chi connectivity index (χ0) is 23.2. The molecule has 1 N–H and O–H groups in total. The maximum atomic E-state index is 13.2. The van der Waals surface area contributed by atoms with Crippen molar-refractivity contribution in [1.82, 2.24) is 10.3 Å². The number of nitrogens with one attached hydrogen (secondary N) is 1. The van der Waals surface area contributed by atoms with Gasteiger partial charge in [0.2, 0.25) is 5.88 Å². The summed E-state index contributed by atoms with van der Waals surface area (Å²) in [5.41, 5.74) is -3.19. The normalized spacial score (nSPS) is 12.9. The highest BCUT2D eigenvalue weighted by molar-refractivity contribution is 5.80. The third-order valence-corrected chi connectivity index (χ3v) is 4.03. The van der Waals surface area contributed by atoms with E-state index in [0.717, 1.165) is 12.8 Å². The third-order valence-electron chi connectivity index (χ3n) is 4.03. The number of benzene rings is 1. The van der Waals surface area contributed by atoms with E-state index in [1.165, 1.54) is 31.2 Å². The van der Waals surface area contributed by atoms with Gasteiger partial charge < -0.3 is 14.8 Å². The van der Waals surface area contributed by atoms with Gasteiger partial charge >= 0.3 is 12.4 Å². The van der Waals surface area contributed by atoms with Crippen molar-refractivity contribution in [2.24, 2.45) is 0 Å². The van der Waals surface area contributed by atoms with Crippen molar-refractivity contribution in [3.05, 3.63) is 47.7 Å². The lowest BCUT2D eigenvalue weighted by molar-refractivity contribution is -0.144. The van der Waals surface area contributed by atoms with Crippen LogP contribution in [0, 0.1) is 0 Å². The molecule has 1 amide bonds. The van der Waals surface area contributed by atoms with Gasteiger partial charge in [0.05, 0.1) is 5.56 Å². The molecule has 0 radical (unpaired) electrons. The van der Waals surface area contributed by atoms with Crippen LogP contribution in [0.1, 0.15) is 37.8 Å². The number of hydrogen-bond acceptors (Lipinski definition) is 4. The SMILES string of the molecule is CCCCNC(=O)C(C)Oc1ccc(Oc2ncc(C(F)(F)F)cc2C(F)(F)F)cc1. The van der Waals surface area contributed by atoms with Crippen LogP contribution in [0.4, 0.5) is 26.3 Å². The highest BCUT2D eigenvalue weighted by Gasteiger charge is 2.40. The molecule has 0 fully saturated rings. The van der Waals surface area contributed by atoms with E-state index in [9.17, 15) is 31.1 Å². The van der Waals surface area contributed by atoms with E-state index in [-0.39, 0.29) is 29.7 Å². The summed E-state index contributed by atoms with van der Waals surface area (Å²) in [5.74, 6) is -1.19. The van der Waals surface area contributed by atoms with E-state index in [1.807, 2.05) is 6.92 Å². The van der Waals surface area contributed by atoms with Gasteiger partial charge in [-0.25, -0.2) is 4.98 Å². The Morgan fingerprint density at radius 1 is 1.06 bits per heavy atom. The molecule has 0 aliphatic heterocycles. The van der Waals surface area contributed by atoms with Crippen molar-refractivity contribution in [2.75, 3.05) is 6.54 Å². The number of nitrogens with zero attached hydrogens (tertiary/aromatic N) is 1. The van der Waals surface area contributed by atoms with Crippen LogP contribution in [0.5, 0.6) is 17.4 Å². The standard InChI is InChI=1S/C20H20F6N2O3/c1-3-4-9-27-17(29)12(2)30-14-5-7-15(8-6-14)31-18-16(20(24,25)26)10-13(11-28-18)19(21,22)23/h5-8,10-12H,3-4,9H2,1-2H3,(H,27,29). The lowest BCUT2D eigenvalue weighted by Crippen LogP contribution is -2.36. The van der Waals surface area contributed by atoms with Gasteiger partial charge in [-0.2, -0.15) is 26.3 Å². The summed E-state index contributed by atoms with van der Waals surface area (Å²) in [4.78, 5) is 15.1. The molecule has 1 atom stereocenters. The number of rotatable bonds is 8. The molecule has 0 saturated heterocycles. The Kier molecular flexibility index (Phi) is 7.75. The number of aromatic nitrogens is 1. The molecule has 11 heteroatoms. The molecular weight excluding hydrogens is 430 g/mol. The minimum Gasteiger partial charge on any atom is -0.481 e. The molecule has 170 valence electrons. The first-order valence-electron chi connectivity index (χ1n) is 9.28. The van der Waals surface area contributed by atoms with Crippen molar-refractivity contribution in [1.29, 1.82) is 0 Å². The van der Waals surface area contributed by atoms with E-state index in [2.05, 4.69) is 10.3 Å². The molecule has 2 rings (SSSR count). The molecule has 1 heterocycles. The zero-order valence-electron chi connectivity index (χ0n) is 16.6. The summed E-state index contributed by atoms with van der Waals surface area (Å²) in [6.45, 7) is 4.03. The Morgan fingerprint density at radius 2 is 1.68 bits per heavy atom. The van der Waals surface area contributed by atoms with Crippen LogP contribution in [0.15, 0.2) is 36.5 Å². The van der Waals surface area contributed by atoms with Crippen LogP contribution in [-0.2, 0) is 17.1 Å². The fourth-order valence-electron chi connectivity index (χ4n) is 2.38. The van der Waals surface area contributed by atoms with Gasteiger partial charge in [0.15, 0.2) is 6.10 Å². The number of carbonyl (C=O) groups excluding carboxylic acids is 1. The minimum absolute atomic E-state index is 0.0569. The van der Waals surface area contributed by atoms with Crippen molar-refractivity contribution in [2.45, 2.75) is 45.1 Å². The molecule has 31 heavy (non-hydrogen) atoms. The molecule has 1 aromatic carbocycles. The first-order chi connectivity index (χ1) is 14.4. The number of amides is 1. The number of pyridine rings is 1. The number of ether oxygens (including phenoxy) is 2. The molecule has 0 spiro atoms. The van der Waals surface area contributed by atoms with Gasteiger partial charge in [0, 0.05) is 12.7 Å². The second kappa shape index (κ2) is 9.88. The average Bonchev–Trinajstić information content (AvgIpc) is 2.68. The number of alkyl halides is 6. The summed E-state index contributed by atoms with van der Waals surface area (Å²) in [6.07, 6.45) is -8.89. The highest BCUT2D eigenvalue weighted by Crippen LogP contribution is 2.40. The average molecular weight is 450 g/mol. The first-order valence-corrected chi connectivity index (χ1v) is 9.28. The van der Waals surface area contributed by atoms with Gasteiger partial charge in [0.1, 0.15) is 17.1 Å². The largest absolute Gasteiger partial charge is 0.481 e. The van der Waals surface area contributed by atoms with Crippen molar-refractivity contribution in [3.8, 4) is 17.4 Å². The van der Waals surface area contributed by atoms with Crippen LogP contribution in [-0.4, -0.2) is 23.5 Å². The smallest absolute Gasteiger partial charge is 0.421 e. The minimum atomic E-state index is -5.10. The van der Waals surface area contributed by atoms with Gasteiger partial charge in [-0.3, -0.25) is 4.79 Å². The van der Waals surface area contributed by atoms with E-state index < -0.39 is 35.5 Å². The van der Waals surface area contributed by atoms with Crippen molar-refractivity contribution >= 4 is 5.91 Å². The summed E-state index contributed by atoms with van der Waals surface area (Å²) in [5, 5.41) is 2.70. The van der Waals surface area contributed by atoms with E-state index in [1.54, 1.807) is 0 Å². The van der Waals surface area contributed by atoms with Crippen LogP contribution < -0.4 is 14.8 Å². The predicted molar refractivity (Wildman–Crippen MR) is 98.8 cm³/mol. The zero-order valence-corrected chi connectivity index (χ0v) is 16.6. The fraction of sp³-hybridized carbons (Fsp3) is 0.400. The lowest BCUT2D eigenvalue weighted by atomic mass is 10.2. The van der Waals surface area contributed by atoms with Crippen molar-refractivity contribution in [3.63, 3.8) is 0 Å². The van der Waals surface area contributed by atoms with E-state index in [4.69, 9.17) is 9.47 Å². The molecule has 1 aromatic heterocycles. The first kappa shape index (κ1) is 24.3. The Bertz CT molecular complexity index is 882. The molecule has 0 bridgehead atoms. The van der Waals surface area contributed by atoms with Gasteiger partial charge in [-0.1, -0.05) is 13.3 Å². The van der Waals surface area contributed by atoms with E-state index in [0.29, 0.717) is 6.54 Å². The maximum absolute atomic E-state index is 13.2. The van der Waals surface area contributed by atoms with Crippen LogP contribution in [0.3, 0.4) is 0 Å². The second-order valence-corrected chi connectivity index (χ2v) is 6.55. The van der Waals surface area contributed by atoms with Crippen LogP contribution in [0.2, 0.25) is 0 Å². The Labute approximate surface area is 174 Å². The quantitative estimate of drug-likeness (QED) is 0.421. The van der Waals surface area contributed by atoms with Gasteiger partial charge in [-0.15, -0.1) is 0 Å². The molecule has 1 unspecified atom stereocenters. The second-order valence-electron chi connectivity index (χ2n) is 6.55. The Morgan fingerprint density at radius 3 is 2.23 bits per heavy atom. The van der Waals surface area contributed by atoms with Crippen molar-refractivity contribution < 1.29 is 40.6 Å². The number of hydrogen-bond donors (Lipinski definition) is 1. The summed E-state index contributed by atoms with van der Waals surface area (Å²) in [7, 11) is 0. The van der Waals surface area contributed by atoms with Gasteiger partial charge in [0.25, 0.3) is 5.91 Å². The maximum Gasteiger partial charge on any atom is 0.421 e. The number of halogens is 6. The monoisotopic (exact) mass is 450 g/mol. The highest BCUT2D eigenvalue weighted by atomic mass is 19.4. The fourth-order valence-corrected chi connectivity index (χ4v) is 2.38. The Hall–Kier alpha value is -2.98. The molecule has 0 saturated carbocycles. The number of unbranched alkanes of at least 4 members (excludes halogenated alkanes) is 1. The third kappa shape index (κ3) is 7.04. The Balaban J connectivity index is 2.12. The summed E-state index contributed by atoms with van der Waals surface area (Å²) < 4.78 is 88.2. The molecule has 0 aliphatic carbocycles. The summed E-state index contributed by atoms with van der Waals surface area (Å²) in [6, 6.07) is 5.14. The molecule has 5 nitrogen and oxygen atoms in total. The van der Waals surface area contributed by atoms with Crippen LogP contribution >= 0.6 is 0 Å². The molecule has 2 aromatic rings. The molecular formula is C20H20F6N2O3. The van der Waals surface area contributed by atoms with E-state index >= 15 is 0 Å². The van der Waals surface area contributed by atoms with Gasteiger partial charge in [-0.05, 0) is 43.7 Å². The lowest BCUT2D eigenvalue weighted by Gasteiger charge is -2.16. The van der Waals surface area contributed by atoms with Crippen LogP contribution in [0.25, 0.3) is 0 Å². The topological polar surface area (TPSA) is 60.5 Å². The predicted octanol–water partition coefficient (Wildman–Crippen LogP) is 5.60. The number of carbonyl (C=O) groups is 1. The summed E-state index contributed by atoms with van der Waals surface area (Å²) >= 11 is 0. The molecule has 0 aliphatic rings.